The molecule has 1 saturated heterocycles. The number of carbonyl (C=O) groups is 1. The van der Waals surface area contributed by atoms with Gasteiger partial charge in [-0.05, 0) is 42.7 Å². The number of hydrogen-bond donors (Lipinski definition) is 2. The molecule has 3 rings (SSSR count). The third-order valence-electron chi connectivity index (χ3n) is 4.55. The van der Waals surface area contributed by atoms with E-state index in [-0.39, 0.29) is 17.9 Å². The smallest absolute Gasteiger partial charge is 0.315 e. The second-order valence-corrected chi connectivity index (χ2v) is 6.76. The van der Waals surface area contributed by atoms with Gasteiger partial charge in [0.1, 0.15) is 11.6 Å². The zero-order chi connectivity index (χ0) is 18.9. The molecule has 0 bridgehead atoms. The number of rotatable bonds is 8. The molecule has 2 aromatic rings. The normalized spacial score (nSPS) is 16.9. The lowest BCUT2D eigenvalue weighted by Gasteiger charge is -2.17. The van der Waals surface area contributed by atoms with Crippen LogP contribution in [0.5, 0.6) is 5.75 Å². The lowest BCUT2D eigenvalue weighted by molar-refractivity contribution is 0.234. The van der Waals surface area contributed by atoms with E-state index in [0.29, 0.717) is 25.3 Å². The molecule has 0 radical (unpaired) electrons. The van der Waals surface area contributed by atoms with Gasteiger partial charge in [0.05, 0.1) is 6.61 Å². The summed E-state index contributed by atoms with van der Waals surface area (Å²) in [6.45, 7) is 3.79. The van der Waals surface area contributed by atoms with Crippen molar-refractivity contribution in [3.63, 3.8) is 0 Å². The predicted octanol–water partition coefficient (Wildman–Crippen LogP) is 3.17. The van der Waals surface area contributed by atoms with Gasteiger partial charge >= 0.3 is 6.03 Å². The number of nitrogens with one attached hydrogen (secondary N) is 2. The van der Waals surface area contributed by atoms with Crippen molar-refractivity contribution in [2.75, 3.05) is 26.2 Å². The summed E-state index contributed by atoms with van der Waals surface area (Å²) >= 11 is 0. The number of benzene rings is 2. The Balaban J connectivity index is 1.27. The topological polar surface area (TPSA) is 53.6 Å². The first-order chi connectivity index (χ1) is 13.2. The molecular formula is C21H26FN3O2. The van der Waals surface area contributed by atoms with Gasteiger partial charge in [-0.1, -0.05) is 30.3 Å². The van der Waals surface area contributed by atoms with Crippen LogP contribution in [0.4, 0.5) is 9.18 Å². The van der Waals surface area contributed by atoms with Gasteiger partial charge in [0.2, 0.25) is 0 Å². The first-order valence-electron chi connectivity index (χ1n) is 9.38. The van der Waals surface area contributed by atoms with Crippen LogP contribution in [0.1, 0.15) is 18.4 Å². The predicted molar refractivity (Wildman–Crippen MR) is 103 cm³/mol. The highest BCUT2D eigenvalue weighted by atomic mass is 19.1. The molecule has 5 nitrogen and oxygen atoms in total. The monoisotopic (exact) mass is 371 g/mol. The van der Waals surface area contributed by atoms with Crippen LogP contribution in [0.25, 0.3) is 0 Å². The van der Waals surface area contributed by atoms with Crippen molar-refractivity contribution in [2.24, 2.45) is 0 Å². The van der Waals surface area contributed by atoms with E-state index in [1.54, 1.807) is 12.1 Å². The van der Waals surface area contributed by atoms with Crippen LogP contribution in [0.2, 0.25) is 0 Å². The Morgan fingerprint density at radius 2 is 1.93 bits per heavy atom. The lowest BCUT2D eigenvalue weighted by Crippen LogP contribution is -2.43. The van der Waals surface area contributed by atoms with Crippen molar-refractivity contribution in [3.8, 4) is 5.75 Å². The van der Waals surface area contributed by atoms with Crippen LogP contribution >= 0.6 is 0 Å². The van der Waals surface area contributed by atoms with Gasteiger partial charge in [-0.15, -0.1) is 0 Å². The molecule has 2 aromatic carbocycles. The molecule has 1 unspecified atom stereocenters. The molecule has 0 saturated carbocycles. The first-order valence-corrected chi connectivity index (χ1v) is 9.38. The zero-order valence-electron chi connectivity index (χ0n) is 15.4. The number of urea groups is 1. The van der Waals surface area contributed by atoms with E-state index in [1.807, 2.05) is 18.2 Å². The van der Waals surface area contributed by atoms with Gasteiger partial charge in [-0.2, -0.15) is 0 Å². The second-order valence-electron chi connectivity index (χ2n) is 6.76. The van der Waals surface area contributed by atoms with E-state index < -0.39 is 0 Å². The number of amides is 2. The molecule has 27 heavy (non-hydrogen) atoms. The van der Waals surface area contributed by atoms with Gasteiger partial charge in [-0.25, -0.2) is 9.18 Å². The Bertz CT molecular complexity index is 709. The van der Waals surface area contributed by atoms with Crippen molar-refractivity contribution in [1.82, 2.24) is 15.5 Å². The Labute approximate surface area is 159 Å². The van der Waals surface area contributed by atoms with Crippen LogP contribution < -0.4 is 15.4 Å². The molecule has 0 aromatic heterocycles. The summed E-state index contributed by atoms with van der Waals surface area (Å²) in [4.78, 5) is 14.4. The van der Waals surface area contributed by atoms with Crippen LogP contribution in [0, 0.1) is 5.82 Å². The molecule has 1 fully saturated rings. The molecule has 0 spiro atoms. The highest BCUT2D eigenvalue weighted by molar-refractivity contribution is 5.74. The van der Waals surface area contributed by atoms with Crippen molar-refractivity contribution >= 4 is 6.03 Å². The number of halogens is 1. The third kappa shape index (κ3) is 6.57. The Morgan fingerprint density at radius 3 is 2.70 bits per heavy atom. The average molecular weight is 371 g/mol. The summed E-state index contributed by atoms with van der Waals surface area (Å²) in [6.07, 6.45) is 1.66. The van der Waals surface area contributed by atoms with Gasteiger partial charge in [0.25, 0.3) is 0 Å². The van der Waals surface area contributed by atoms with Crippen LogP contribution in [0.3, 0.4) is 0 Å². The molecule has 1 heterocycles. The number of nitrogens with zero attached hydrogens (tertiary/aromatic N) is 1. The fourth-order valence-corrected chi connectivity index (χ4v) is 3.17. The van der Waals surface area contributed by atoms with Crippen molar-refractivity contribution in [2.45, 2.75) is 25.4 Å². The summed E-state index contributed by atoms with van der Waals surface area (Å²) in [5.41, 5.74) is 1.30. The molecule has 1 atom stereocenters. The Hall–Kier alpha value is -2.60. The van der Waals surface area contributed by atoms with Gasteiger partial charge in [-0.3, -0.25) is 4.90 Å². The summed E-state index contributed by atoms with van der Waals surface area (Å²) < 4.78 is 18.3. The SMILES string of the molecule is O=C(NCCCOc1ccc(F)cc1)NC1CCN(Cc2ccccc2)C1. The minimum Gasteiger partial charge on any atom is -0.494 e. The van der Waals surface area contributed by atoms with Gasteiger partial charge in [0.15, 0.2) is 0 Å². The number of ether oxygens (including phenoxy) is 1. The fraction of sp³-hybridized carbons (Fsp3) is 0.381. The first kappa shape index (κ1) is 19.2. The van der Waals surface area contributed by atoms with E-state index in [2.05, 4.69) is 27.7 Å². The summed E-state index contributed by atoms with van der Waals surface area (Å²) in [5, 5.41) is 5.90. The fourth-order valence-electron chi connectivity index (χ4n) is 3.17. The molecule has 2 N–H and O–H groups in total. The molecule has 0 aliphatic carbocycles. The summed E-state index contributed by atoms with van der Waals surface area (Å²) in [7, 11) is 0. The van der Waals surface area contributed by atoms with Crippen molar-refractivity contribution < 1.29 is 13.9 Å². The molecule has 6 heteroatoms. The number of hydrogen-bond acceptors (Lipinski definition) is 3. The van der Waals surface area contributed by atoms with Crippen molar-refractivity contribution in [3.05, 3.63) is 66.0 Å². The van der Waals surface area contributed by atoms with Crippen molar-refractivity contribution in [1.29, 1.82) is 0 Å². The highest BCUT2D eigenvalue weighted by Crippen LogP contribution is 2.13. The van der Waals surface area contributed by atoms with Crippen LogP contribution in [-0.4, -0.2) is 43.2 Å². The van der Waals surface area contributed by atoms with E-state index in [9.17, 15) is 9.18 Å². The van der Waals surface area contributed by atoms with Gasteiger partial charge in [0, 0.05) is 32.2 Å². The summed E-state index contributed by atoms with van der Waals surface area (Å²) in [6, 6.07) is 16.3. The van der Waals surface area contributed by atoms with E-state index in [1.165, 1.54) is 17.7 Å². The second kappa shape index (κ2) is 9.92. The van der Waals surface area contributed by atoms with E-state index in [0.717, 1.165) is 26.1 Å². The maximum atomic E-state index is 12.8. The van der Waals surface area contributed by atoms with Gasteiger partial charge < -0.3 is 15.4 Å². The molecule has 144 valence electrons. The Kier molecular flexibility index (Phi) is 7.04. The molecule has 1 aliphatic rings. The molecule has 1 aliphatic heterocycles. The average Bonchev–Trinajstić information content (AvgIpc) is 3.10. The zero-order valence-corrected chi connectivity index (χ0v) is 15.4. The number of likely N-dealkylation sites (tertiary alicyclic amines) is 1. The third-order valence-corrected chi connectivity index (χ3v) is 4.55. The van der Waals surface area contributed by atoms with Crippen LogP contribution in [-0.2, 0) is 6.54 Å². The van der Waals surface area contributed by atoms with E-state index >= 15 is 0 Å². The molecule has 2 amide bonds. The minimum absolute atomic E-state index is 0.136. The maximum absolute atomic E-state index is 12.8. The van der Waals surface area contributed by atoms with E-state index in [4.69, 9.17) is 4.74 Å². The largest absolute Gasteiger partial charge is 0.494 e. The quantitative estimate of drug-likeness (QED) is 0.701. The summed E-state index contributed by atoms with van der Waals surface area (Å²) in [5.74, 6) is 0.347. The lowest BCUT2D eigenvalue weighted by atomic mass is 10.2. The molecular weight excluding hydrogens is 345 g/mol. The van der Waals surface area contributed by atoms with Crippen LogP contribution in [0.15, 0.2) is 54.6 Å². The highest BCUT2D eigenvalue weighted by Gasteiger charge is 2.23. The standard InChI is InChI=1S/C21H26FN3O2/c22-18-7-9-20(10-8-18)27-14-4-12-23-21(26)24-19-11-13-25(16-19)15-17-5-2-1-3-6-17/h1-3,5-10,19H,4,11-16H2,(H2,23,24,26). The maximum Gasteiger partial charge on any atom is 0.315 e. The number of carbonyl (C=O) groups excluding carboxylic acids is 1. The Morgan fingerprint density at radius 1 is 1.15 bits per heavy atom. The minimum atomic E-state index is -0.282.